The van der Waals surface area contributed by atoms with E-state index in [0.717, 1.165) is 30.9 Å². The summed E-state index contributed by atoms with van der Waals surface area (Å²) >= 11 is 0. The molecule has 1 aromatic heterocycles. The second kappa shape index (κ2) is 7.22. The molecule has 4 heteroatoms. The molecule has 2 heterocycles. The number of amides is 1. The maximum Gasteiger partial charge on any atom is 0.253 e. The first-order valence-corrected chi connectivity index (χ1v) is 8.74. The molecular formula is C20H27N3O. The lowest BCUT2D eigenvalue weighted by Gasteiger charge is -2.17. The number of likely N-dealkylation sites (tertiary alicyclic amines) is 1. The molecule has 0 unspecified atom stereocenters. The summed E-state index contributed by atoms with van der Waals surface area (Å²) in [6.07, 6.45) is 3.13. The van der Waals surface area contributed by atoms with Crippen molar-refractivity contribution in [2.45, 2.75) is 26.2 Å². The summed E-state index contributed by atoms with van der Waals surface area (Å²) < 4.78 is 1.97. The number of carbonyl (C=O) groups is 1. The fraction of sp³-hybridized carbons (Fsp3) is 0.450. The summed E-state index contributed by atoms with van der Waals surface area (Å²) in [7, 11) is 1.96. The summed E-state index contributed by atoms with van der Waals surface area (Å²) in [5, 5.41) is 3.05. The van der Waals surface area contributed by atoms with Crippen LogP contribution in [0.2, 0.25) is 0 Å². The molecule has 1 amide bonds. The Labute approximate surface area is 144 Å². The van der Waals surface area contributed by atoms with Crippen molar-refractivity contribution in [1.29, 1.82) is 0 Å². The average molecular weight is 325 g/mol. The van der Waals surface area contributed by atoms with Gasteiger partial charge >= 0.3 is 0 Å². The molecule has 0 spiro atoms. The van der Waals surface area contributed by atoms with Crippen LogP contribution >= 0.6 is 0 Å². The van der Waals surface area contributed by atoms with Crippen molar-refractivity contribution in [2.75, 3.05) is 26.2 Å². The maximum absolute atomic E-state index is 12.2. The van der Waals surface area contributed by atoms with Crippen LogP contribution in [0.3, 0.4) is 0 Å². The van der Waals surface area contributed by atoms with Gasteiger partial charge in [-0.3, -0.25) is 4.79 Å². The highest BCUT2D eigenvalue weighted by Crippen LogP contribution is 2.28. The fourth-order valence-electron chi connectivity index (χ4n) is 3.61. The van der Waals surface area contributed by atoms with Crippen LogP contribution in [0, 0.1) is 13.8 Å². The Hall–Kier alpha value is -2.07. The summed E-state index contributed by atoms with van der Waals surface area (Å²) in [5.74, 6) is 0.654. The molecule has 4 nitrogen and oxygen atoms in total. The van der Waals surface area contributed by atoms with Crippen molar-refractivity contribution < 1.29 is 4.79 Å². The molecular weight excluding hydrogens is 298 g/mol. The minimum absolute atomic E-state index is 0.0303. The second-order valence-electron chi connectivity index (χ2n) is 6.82. The van der Waals surface area contributed by atoms with E-state index in [-0.39, 0.29) is 5.91 Å². The van der Waals surface area contributed by atoms with Crippen LogP contribution in [0.5, 0.6) is 0 Å². The quantitative estimate of drug-likeness (QED) is 0.918. The Morgan fingerprint density at radius 3 is 2.75 bits per heavy atom. The van der Waals surface area contributed by atoms with Crippen molar-refractivity contribution in [3.05, 3.63) is 58.9 Å². The van der Waals surface area contributed by atoms with E-state index in [9.17, 15) is 4.79 Å². The predicted molar refractivity (Wildman–Crippen MR) is 97.5 cm³/mol. The molecule has 0 saturated carbocycles. The SMILES string of the molecule is Cc1ccccc1[C@@H]1CCN(CCNC(=O)c2ccn(C)c2C)C1. The van der Waals surface area contributed by atoms with Crippen LogP contribution in [-0.4, -0.2) is 41.6 Å². The second-order valence-corrected chi connectivity index (χ2v) is 6.82. The first-order valence-electron chi connectivity index (χ1n) is 8.74. The normalized spacial score (nSPS) is 18.0. The van der Waals surface area contributed by atoms with E-state index >= 15 is 0 Å². The summed E-state index contributed by atoms with van der Waals surface area (Å²) in [6, 6.07) is 10.6. The van der Waals surface area contributed by atoms with Gasteiger partial charge in [-0.2, -0.15) is 0 Å². The zero-order chi connectivity index (χ0) is 17.1. The Morgan fingerprint density at radius 1 is 1.25 bits per heavy atom. The van der Waals surface area contributed by atoms with E-state index in [1.807, 2.05) is 30.8 Å². The molecule has 0 aliphatic carbocycles. The molecule has 1 aromatic carbocycles. The fourth-order valence-corrected chi connectivity index (χ4v) is 3.61. The van der Waals surface area contributed by atoms with Crippen molar-refractivity contribution in [3.63, 3.8) is 0 Å². The number of aryl methyl sites for hydroxylation is 2. The van der Waals surface area contributed by atoms with Crippen LogP contribution in [0.4, 0.5) is 0 Å². The lowest BCUT2D eigenvalue weighted by Crippen LogP contribution is -2.34. The van der Waals surface area contributed by atoms with Gasteiger partial charge in [0, 0.05) is 38.6 Å². The van der Waals surface area contributed by atoms with Crippen LogP contribution in [0.1, 0.15) is 39.5 Å². The predicted octanol–water partition coefficient (Wildman–Crippen LogP) is 2.86. The molecule has 24 heavy (non-hydrogen) atoms. The summed E-state index contributed by atoms with van der Waals surface area (Å²) in [4.78, 5) is 14.7. The third kappa shape index (κ3) is 3.54. The van der Waals surface area contributed by atoms with Crippen LogP contribution < -0.4 is 5.32 Å². The smallest absolute Gasteiger partial charge is 0.253 e. The van der Waals surface area contributed by atoms with Crippen molar-refractivity contribution >= 4 is 5.91 Å². The summed E-state index contributed by atoms with van der Waals surface area (Å²) in [6.45, 7) is 7.99. The Balaban J connectivity index is 1.48. The standard InChI is InChI=1S/C20H27N3O/c1-15-6-4-5-7-18(15)17-8-12-23(14-17)13-10-21-20(24)19-9-11-22(3)16(19)2/h4-7,9,11,17H,8,10,12-14H2,1-3H3,(H,21,24)/t17-/m1/s1. The number of nitrogens with one attached hydrogen (secondary N) is 1. The molecule has 1 saturated heterocycles. The van der Waals surface area contributed by atoms with Crippen molar-refractivity contribution in [3.8, 4) is 0 Å². The van der Waals surface area contributed by atoms with Gasteiger partial charge in [-0.1, -0.05) is 24.3 Å². The van der Waals surface area contributed by atoms with E-state index in [1.54, 1.807) is 0 Å². The monoisotopic (exact) mass is 325 g/mol. The van der Waals surface area contributed by atoms with Crippen molar-refractivity contribution in [1.82, 2.24) is 14.8 Å². The first kappa shape index (κ1) is 16.8. The van der Waals surface area contributed by atoms with Crippen molar-refractivity contribution in [2.24, 2.45) is 7.05 Å². The van der Waals surface area contributed by atoms with Crippen LogP contribution in [0.25, 0.3) is 0 Å². The van der Waals surface area contributed by atoms with Gasteiger partial charge in [0.2, 0.25) is 0 Å². The van der Waals surface area contributed by atoms with E-state index < -0.39 is 0 Å². The maximum atomic E-state index is 12.2. The van der Waals surface area contributed by atoms with E-state index in [1.165, 1.54) is 17.5 Å². The Morgan fingerprint density at radius 2 is 2.04 bits per heavy atom. The van der Waals surface area contributed by atoms with Crippen LogP contribution in [-0.2, 0) is 7.05 Å². The van der Waals surface area contributed by atoms with Gasteiger partial charge in [-0.15, -0.1) is 0 Å². The van der Waals surface area contributed by atoms with Gasteiger partial charge in [-0.05, 0) is 49.9 Å². The third-order valence-electron chi connectivity index (χ3n) is 5.24. The topological polar surface area (TPSA) is 37.3 Å². The number of rotatable bonds is 5. The lowest BCUT2D eigenvalue weighted by molar-refractivity contribution is 0.0949. The van der Waals surface area contributed by atoms with Crippen LogP contribution in [0.15, 0.2) is 36.5 Å². The molecule has 0 radical (unpaired) electrons. The van der Waals surface area contributed by atoms with Gasteiger partial charge in [0.15, 0.2) is 0 Å². The minimum atomic E-state index is 0.0303. The zero-order valence-corrected chi connectivity index (χ0v) is 14.9. The minimum Gasteiger partial charge on any atom is -0.354 e. The van der Waals surface area contributed by atoms with Gasteiger partial charge in [0.1, 0.15) is 0 Å². The Kier molecular flexibility index (Phi) is 5.05. The first-order chi connectivity index (χ1) is 11.6. The highest BCUT2D eigenvalue weighted by atomic mass is 16.1. The summed E-state index contributed by atoms with van der Waals surface area (Å²) in [5.41, 5.74) is 4.64. The van der Waals surface area contributed by atoms with Gasteiger partial charge in [-0.25, -0.2) is 0 Å². The number of aromatic nitrogens is 1. The number of hydrogen-bond donors (Lipinski definition) is 1. The molecule has 3 rings (SSSR count). The molecule has 1 aliphatic heterocycles. The van der Waals surface area contributed by atoms with E-state index in [4.69, 9.17) is 0 Å². The zero-order valence-electron chi connectivity index (χ0n) is 14.9. The highest BCUT2D eigenvalue weighted by molar-refractivity contribution is 5.95. The molecule has 1 N–H and O–H groups in total. The number of hydrogen-bond acceptors (Lipinski definition) is 2. The third-order valence-corrected chi connectivity index (χ3v) is 5.24. The average Bonchev–Trinajstić information content (AvgIpc) is 3.16. The van der Waals surface area contributed by atoms with E-state index in [2.05, 4.69) is 41.4 Å². The lowest BCUT2D eigenvalue weighted by atomic mass is 9.94. The molecule has 0 bridgehead atoms. The molecule has 1 fully saturated rings. The number of nitrogens with zero attached hydrogens (tertiary/aromatic N) is 2. The highest BCUT2D eigenvalue weighted by Gasteiger charge is 2.24. The number of benzene rings is 1. The van der Waals surface area contributed by atoms with Gasteiger partial charge in [0.25, 0.3) is 5.91 Å². The molecule has 2 aromatic rings. The van der Waals surface area contributed by atoms with E-state index in [0.29, 0.717) is 12.5 Å². The van der Waals surface area contributed by atoms with Gasteiger partial charge < -0.3 is 14.8 Å². The molecule has 1 atom stereocenters. The number of carbonyl (C=O) groups excluding carboxylic acids is 1. The van der Waals surface area contributed by atoms with Gasteiger partial charge in [0.05, 0.1) is 5.56 Å². The molecule has 128 valence electrons. The largest absolute Gasteiger partial charge is 0.354 e. The molecule has 1 aliphatic rings. The Bertz CT molecular complexity index is 719.